The summed E-state index contributed by atoms with van der Waals surface area (Å²) in [7, 11) is -1.36. The maximum Gasteiger partial charge on any atom is 0.207 e. The summed E-state index contributed by atoms with van der Waals surface area (Å²) in [6, 6.07) is 3.71. The molecule has 0 aliphatic heterocycles. The maximum atomic E-state index is 11.5. The lowest BCUT2D eigenvalue weighted by molar-refractivity contribution is -0.116. The Morgan fingerprint density at radius 1 is 1.50 bits per heavy atom. The molecule has 0 aliphatic carbocycles. The zero-order valence-corrected chi connectivity index (χ0v) is 10.8. The Morgan fingerprint density at radius 3 is 2.69 bits per heavy atom. The fraction of sp³-hybridized carbons (Fsp3) is 0.545. The number of hydrogen-bond donors (Lipinski definition) is 0. The van der Waals surface area contributed by atoms with E-state index in [1.165, 1.54) is 13.8 Å². The average molecular weight is 244 g/mol. The minimum Gasteiger partial charge on any atom is -0.466 e. The van der Waals surface area contributed by atoms with Gasteiger partial charge in [0.1, 0.15) is 17.3 Å². The number of Topliss-reactive ketones (excluding diaryl/α,β-unsaturated/α-hetero) is 1. The first kappa shape index (κ1) is 13.2. The van der Waals surface area contributed by atoms with E-state index in [-0.39, 0.29) is 11.9 Å². The highest BCUT2D eigenvalue weighted by Crippen LogP contribution is 2.41. The highest BCUT2D eigenvalue weighted by atomic mass is 31.2. The van der Waals surface area contributed by atoms with Crippen LogP contribution in [0.2, 0.25) is 0 Å². The minimum atomic E-state index is -2.73. The van der Waals surface area contributed by atoms with Crippen LogP contribution in [-0.4, -0.2) is 25.7 Å². The smallest absolute Gasteiger partial charge is 0.207 e. The predicted octanol–water partition coefficient (Wildman–Crippen LogP) is 2.64. The Morgan fingerprint density at radius 2 is 2.19 bits per heavy atom. The monoisotopic (exact) mass is 244 g/mol. The van der Waals surface area contributed by atoms with Gasteiger partial charge in [-0.2, -0.15) is 0 Å². The lowest BCUT2D eigenvalue weighted by atomic mass is 10.2. The second-order valence-corrected chi connectivity index (χ2v) is 6.62. The Kier molecular flexibility index (Phi) is 4.51. The first-order chi connectivity index (χ1) is 7.43. The normalized spacial score (nSPS) is 14.7. The minimum absolute atomic E-state index is 0.00317. The molecule has 1 heterocycles. The van der Waals surface area contributed by atoms with Crippen LogP contribution in [-0.2, 0) is 20.3 Å². The Labute approximate surface area is 95.4 Å². The van der Waals surface area contributed by atoms with Crippen LogP contribution >= 0.6 is 7.37 Å². The van der Waals surface area contributed by atoms with Crippen LogP contribution in [0.4, 0.5) is 0 Å². The summed E-state index contributed by atoms with van der Waals surface area (Å²) >= 11 is 0. The van der Waals surface area contributed by atoms with Gasteiger partial charge in [-0.3, -0.25) is 9.36 Å². The molecule has 0 spiro atoms. The summed E-state index contributed by atoms with van der Waals surface area (Å²) in [5.41, 5.74) is 0. The molecule has 1 unspecified atom stereocenters. The van der Waals surface area contributed by atoms with Crippen molar-refractivity contribution in [2.75, 3.05) is 19.9 Å². The molecule has 0 amide bonds. The highest BCUT2D eigenvalue weighted by molar-refractivity contribution is 7.59. The Hall–Kier alpha value is -0.860. The Bertz CT molecular complexity index is 408. The van der Waals surface area contributed by atoms with E-state index >= 15 is 0 Å². The molecule has 1 aromatic heterocycles. The fourth-order valence-electron chi connectivity index (χ4n) is 1.35. The molecule has 1 rings (SSSR count). The van der Waals surface area contributed by atoms with Crippen molar-refractivity contribution < 1.29 is 18.3 Å². The molecule has 0 saturated carbocycles. The van der Waals surface area contributed by atoms with E-state index in [9.17, 15) is 9.36 Å². The number of rotatable bonds is 6. The van der Waals surface area contributed by atoms with Gasteiger partial charge in [0.15, 0.2) is 0 Å². The van der Waals surface area contributed by atoms with E-state index in [0.717, 1.165) is 11.5 Å². The van der Waals surface area contributed by atoms with Crippen molar-refractivity contribution in [1.29, 1.82) is 0 Å². The molecular formula is C11H17O4P. The molecule has 5 heteroatoms. The number of ketones is 1. The molecule has 1 aromatic rings. The molecule has 1 atom stereocenters. The molecule has 16 heavy (non-hydrogen) atoms. The molecule has 0 radical (unpaired) electrons. The quantitative estimate of drug-likeness (QED) is 0.722. The van der Waals surface area contributed by atoms with Crippen molar-refractivity contribution in [3.63, 3.8) is 0 Å². The largest absolute Gasteiger partial charge is 0.466 e. The van der Waals surface area contributed by atoms with Crippen molar-refractivity contribution in [1.82, 2.24) is 0 Å². The number of hydrogen-bond acceptors (Lipinski definition) is 4. The van der Waals surface area contributed by atoms with Gasteiger partial charge < -0.3 is 8.94 Å². The molecule has 0 fully saturated rings. The standard InChI is InChI=1S/C11H17O4P/c1-9-4-6-11(15-9)7-5-10(12)8-16(3,13)14-2/h4,6H,5,7-8H2,1-3H3. The Balaban J connectivity index is 2.39. The van der Waals surface area contributed by atoms with Gasteiger partial charge in [-0.1, -0.05) is 0 Å². The average Bonchev–Trinajstić information content (AvgIpc) is 2.61. The molecule has 4 nitrogen and oxygen atoms in total. The highest BCUT2D eigenvalue weighted by Gasteiger charge is 2.19. The van der Waals surface area contributed by atoms with Crippen molar-refractivity contribution in [2.24, 2.45) is 0 Å². The van der Waals surface area contributed by atoms with Gasteiger partial charge in [-0.25, -0.2) is 0 Å². The predicted molar refractivity (Wildman–Crippen MR) is 62.2 cm³/mol. The molecule has 0 saturated heterocycles. The number of furan rings is 1. The number of carbonyl (C=O) groups excluding carboxylic acids is 1. The van der Waals surface area contributed by atoms with E-state index in [0.29, 0.717) is 12.8 Å². The third-order valence-corrected chi connectivity index (χ3v) is 4.00. The second-order valence-electron chi connectivity index (χ2n) is 3.91. The first-order valence-corrected chi connectivity index (χ1v) is 7.38. The van der Waals surface area contributed by atoms with Gasteiger partial charge in [-0.05, 0) is 19.1 Å². The molecule has 90 valence electrons. The third-order valence-electron chi connectivity index (χ3n) is 2.30. The summed E-state index contributed by atoms with van der Waals surface area (Å²) in [5, 5.41) is 0. The van der Waals surface area contributed by atoms with Crippen molar-refractivity contribution in [3.8, 4) is 0 Å². The lowest BCUT2D eigenvalue weighted by Gasteiger charge is -2.08. The van der Waals surface area contributed by atoms with Crippen LogP contribution < -0.4 is 0 Å². The van der Waals surface area contributed by atoms with Crippen LogP contribution in [0, 0.1) is 6.92 Å². The van der Waals surface area contributed by atoms with Crippen LogP contribution in [0.25, 0.3) is 0 Å². The van der Waals surface area contributed by atoms with Gasteiger partial charge in [-0.15, -0.1) is 0 Å². The molecule has 0 aliphatic rings. The van der Waals surface area contributed by atoms with Gasteiger partial charge in [0.2, 0.25) is 7.37 Å². The van der Waals surface area contributed by atoms with E-state index in [2.05, 4.69) is 0 Å². The first-order valence-electron chi connectivity index (χ1n) is 5.12. The lowest BCUT2D eigenvalue weighted by Crippen LogP contribution is -2.07. The van der Waals surface area contributed by atoms with E-state index in [4.69, 9.17) is 8.94 Å². The van der Waals surface area contributed by atoms with Gasteiger partial charge >= 0.3 is 0 Å². The third kappa shape index (κ3) is 4.33. The topological polar surface area (TPSA) is 56.5 Å². The van der Waals surface area contributed by atoms with Crippen molar-refractivity contribution >= 4 is 13.2 Å². The van der Waals surface area contributed by atoms with Crippen LogP contribution in [0.15, 0.2) is 16.5 Å². The van der Waals surface area contributed by atoms with Gasteiger partial charge in [0.05, 0.1) is 6.16 Å². The molecule has 0 N–H and O–H groups in total. The summed E-state index contributed by atoms with van der Waals surface area (Å²) in [6.45, 7) is 3.33. The zero-order valence-electron chi connectivity index (χ0n) is 9.86. The zero-order chi connectivity index (χ0) is 12.2. The van der Waals surface area contributed by atoms with Crippen LogP contribution in [0.1, 0.15) is 17.9 Å². The summed E-state index contributed by atoms with van der Waals surface area (Å²) in [6.07, 6.45) is 0.897. The van der Waals surface area contributed by atoms with Crippen molar-refractivity contribution in [2.45, 2.75) is 19.8 Å². The van der Waals surface area contributed by atoms with Gasteiger partial charge in [0.25, 0.3) is 0 Å². The molecular weight excluding hydrogens is 227 g/mol. The van der Waals surface area contributed by atoms with Crippen LogP contribution in [0.3, 0.4) is 0 Å². The van der Waals surface area contributed by atoms with Crippen LogP contribution in [0.5, 0.6) is 0 Å². The van der Waals surface area contributed by atoms with Crippen molar-refractivity contribution in [3.05, 3.63) is 23.7 Å². The number of aryl methyl sites for hydroxylation is 2. The van der Waals surface area contributed by atoms with Gasteiger partial charge in [0, 0.05) is 26.6 Å². The van der Waals surface area contributed by atoms with E-state index < -0.39 is 7.37 Å². The summed E-state index contributed by atoms with van der Waals surface area (Å²) < 4.78 is 21.7. The molecule has 0 aromatic carbocycles. The SMILES string of the molecule is COP(C)(=O)CC(=O)CCc1ccc(C)o1. The molecule has 0 bridgehead atoms. The summed E-state index contributed by atoms with van der Waals surface area (Å²) in [4.78, 5) is 11.5. The fourth-order valence-corrected chi connectivity index (χ4v) is 2.27. The van der Waals surface area contributed by atoms with E-state index in [1.807, 2.05) is 19.1 Å². The number of carbonyl (C=O) groups is 1. The second kappa shape index (κ2) is 5.46. The summed E-state index contributed by atoms with van der Waals surface area (Å²) in [5.74, 6) is 1.57. The maximum absolute atomic E-state index is 11.5. The van der Waals surface area contributed by atoms with E-state index in [1.54, 1.807) is 0 Å².